The third kappa shape index (κ3) is 3.43. The summed E-state index contributed by atoms with van der Waals surface area (Å²) >= 11 is 0. The highest BCUT2D eigenvalue weighted by Gasteiger charge is 1.97. The van der Waals surface area contributed by atoms with Crippen LogP contribution in [0.4, 0.5) is 0 Å². The van der Waals surface area contributed by atoms with Crippen molar-refractivity contribution in [3.63, 3.8) is 0 Å². The minimum Gasteiger partial charge on any atom is -0.402 e. The summed E-state index contributed by atoms with van der Waals surface area (Å²) in [6, 6.07) is 9.59. The molecular weight excluding hydrogens is 209 g/mol. The van der Waals surface area contributed by atoms with Crippen LogP contribution in [0.3, 0.4) is 0 Å². The van der Waals surface area contributed by atoms with E-state index < -0.39 is 7.32 Å². The molecule has 0 amide bonds. The predicted octanol–water partition coefficient (Wildman–Crippen LogP) is -0.00450. The lowest BCUT2D eigenvalue weighted by molar-refractivity contribution is 0.112. The van der Waals surface area contributed by atoms with Crippen LogP contribution in [0, 0.1) is 0 Å². The highest BCUT2D eigenvalue weighted by atomic mass is 16.5. The topological polar surface area (TPSA) is 90.7 Å². The van der Waals surface area contributed by atoms with E-state index in [0.717, 1.165) is 17.1 Å². The SMILES string of the molecule is O=Cc1nccc2ccccc12.OB(O)O. The molecule has 1 aromatic carbocycles. The fraction of sp³-hybridized carbons (Fsp3) is 0. The molecule has 1 heterocycles. The summed E-state index contributed by atoms with van der Waals surface area (Å²) in [6.45, 7) is 0. The molecule has 0 aliphatic carbocycles. The molecule has 0 radical (unpaired) electrons. The fourth-order valence-electron chi connectivity index (χ4n) is 1.24. The summed E-state index contributed by atoms with van der Waals surface area (Å²) < 4.78 is 0. The summed E-state index contributed by atoms with van der Waals surface area (Å²) in [6.07, 6.45) is 2.42. The Morgan fingerprint density at radius 1 is 1.12 bits per heavy atom. The molecule has 2 rings (SSSR count). The highest BCUT2D eigenvalue weighted by Crippen LogP contribution is 2.14. The van der Waals surface area contributed by atoms with Gasteiger partial charge in [-0.3, -0.25) is 9.78 Å². The zero-order valence-corrected chi connectivity index (χ0v) is 8.32. The van der Waals surface area contributed by atoms with Gasteiger partial charge >= 0.3 is 7.32 Å². The van der Waals surface area contributed by atoms with Crippen LogP contribution in [-0.2, 0) is 0 Å². The van der Waals surface area contributed by atoms with Crippen LogP contribution < -0.4 is 0 Å². The monoisotopic (exact) mass is 219 g/mol. The van der Waals surface area contributed by atoms with Gasteiger partial charge in [0.15, 0.2) is 6.29 Å². The average molecular weight is 219 g/mol. The standard InChI is InChI=1S/C10H7NO.BH3O3/c12-7-10-9-4-2-1-3-8(9)5-6-11-10;2-1(3)4/h1-7H;2-4H. The van der Waals surface area contributed by atoms with E-state index in [-0.39, 0.29) is 0 Å². The van der Waals surface area contributed by atoms with Crippen molar-refractivity contribution in [2.75, 3.05) is 0 Å². The third-order valence-corrected chi connectivity index (χ3v) is 1.82. The van der Waals surface area contributed by atoms with Gasteiger partial charge in [0.05, 0.1) is 0 Å². The second kappa shape index (κ2) is 5.97. The molecule has 1 aromatic heterocycles. The molecule has 5 nitrogen and oxygen atoms in total. The second-order valence-electron chi connectivity index (χ2n) is 2.88. The molecule has 0 saturated heterocycles. The zero-order chi connectivity index (χ0) is 12.0. The number of aromatic nitrogens is 1. The minimum absolute atomic E-state index is 0.508. The summed E-state index contributed by atoms with van der Waals surface area (Å²) in [5.41, 5.74) is 0.508. The molecule has 0 aliphatic rings. The minimum atomic E-state index is -2.17. The van der Waals surface area contributed by atoms with E-state index in [0.29, 0.717) is 5.69 Å². The summed E-state index contributed by atoms with van der Waals surface area (Å²) in [4.78, 5) is 14.5. The number of nitrogens with zero attached hydrogens (tertiary/aromatic N) is 1. The predicted molar refractivity (Wildman–Crippen MR) is 59.5 cm³/mol. The maximum Gasteiger partial charge on any atom is 0.631 e. The number of hydrogen-bond acceptors (Lipinski definition) is 5. The van der Waals surface area contributed by atoms with Crippen molar-refractivity contribution in [2.45, 2.75) is 0 Å². The second-order valence-corrected chi connectivity index (χ2v) is 2.88. The highest BCUT2D eigenvalue weighted by molar-refractivity contribution is 6.30. The van der Waals surface area contributed by atoms with Gasteiger partial charge < -0.3 is 15.1 Å². The molecule has 0 unspecified atom stereocenters. The zero-order valence-electron chi connectivity index (χ0n) is 8.32. The number of hydrogen-bond donors (Lipinski definition) is 3. The van der Waals surface area contributed by atoms with Gasteiger partial charge in [-0.25, -0.2) is 0 Å². The molecule has 0 atom stereocenters. The number of benzene rings is 1. The summed E-state index contributed by atoms with van der Waals surface area (Å²) in [5.74, 6) is 0. The van der Waals surface area contributed by atoms with Crippen molar-refractivity contribution in [1.82, 2.24) is 4.98 Å². The number of carbonyl (C=O) groups excluding carboxylic acids is 1. The molecule has 0 aliphatic heterocycles. The van der Waals surface area contributed by atoms with Crippen LogP contribution in [0.5, 0.6) is 0 Å². The van der Waals surface area contributed by atoms with E-state index in [1.54, 1.807) is 6.20 Å². The van der Waals surface area contributed by atoms with Crippen LogP contribution in [0.25, 0.3) is 10.8 Å². The third-order valence-electron chi connectivity index (χ3n) is 1.82. The Morgan fingerprint density at radius 2 is 1.75 bits per heavy atom. The van der Waals surface area contributed by atoms with Crippen molar-refractivity contribution in [2.24, 2.45) is 0 Å². The van der Waals surface area contributed by atoms with Crippen LogP contribution in [0.2, 0.25) is 0 Å². The van der Waals surface area contributed by atoms with E-state index in [1.807, 2.05) is 30.3 Å². The van der Waals surface area contributed by atoms with Gasteiger partial charge in [-0.15, -0.1) is 0 Å². The largest absolute Gasteiger partial charge is 0.631 e. The van der Waals surface area contributed by atoms with Crippen molar-refractivity contribution in [3.05, 3.63) is 42.2 Å². The molecule has 2 aromatic rings. The van der Waals surface area contributed by atoms with Crippen LogP contribution >= 0.6 is 0 Å². The van der Waals surface area contributed by atoms with Crippen LogP contribution in [0.15, 0.2) is 36.5 Å². The number of rotatable bonds is 1. The number of pyridine rings is 1. The average Bonchev–Trinajstić information content (AvgIpc) is 2.27. The Hall–Kier alpha value is -1.76. The maximum absolute atomic E-state index is 10.6. The lowest BCUT2D eigenvalue weighted by Gasteiger charge is -1.97. The van der Waals surface area contributed by atoms with E-state index in [1.165, 1.54) is 0 Å². The Bertz CT molecular complexity index is 467. The molecular formula is C10H10BNO4. The fourth-order valence-corrected chi connectivity index (χ4v) is 1.24. The first-order valence-electron chi connectivity index (χ1n) is 4.48. The first-order valence-corrected chi connectivity index (χ1v) is 4.48. The normalized spacial score (nSPS) is 9.19. The van der Waals surface area contributed by atoms with Crippen molar-refractivity contribution in [1.29, 1.82) is 0 Å². The van der Waals surface area contributed by atoms with Crippen LogP contribution in [-0.4, -0.2) is 33.7 Å². The van der Waals surface area contributed by atoms with Gasteiger partial charge in [-0.1, -0.05) is 24.3 Å². The van der Waals surface area contributed by atoms with Crippen molar-refractivity contribution >= 4 is 24.4 Å². The van der Waals surface area contributed by atoms with Crippen molar-refractivity contribution < 1.29 is 19.9 Å². The van der Waals surface area contributed by atoms with E-state index in [4.69, 9.17) is 15.1 Å². The Labute approximate surface area is 92.2 Å². The molecule has 3 N–H and O–H groups in total. The number of fused-ring (bicyclic) bond motifs is 1. The molecule has 16 heavy (non-hydrogen) atoms. The van der Waals surface area contributed by atoms with Crippen molar-refractivity contribution in [3.8, 4) is 0 Å². The lowest BCUT2D eigenvalue weighted by atomic mass is 10.1. The molecule has 6 heteroatoms. The van der Waals surface area contributed by atoms with Gasteiger partial charge in [0.2, 0.25) is 0 Å². The van der Waals surface area contributed by atoms with Gasteiger partial charge in [0.25, 0.3) is 0 Å². The van der Waals surface area contributed by atoms with Gasteiger partial charge in [0.1, 0.15) is 5.69 Å². The lowest BCUT2D eigenvalue weighted by Crippen LogP contribution is -2.07. The Kier molecular flexibility index (Phi) is 4.59. The molecule has 0 spiro atoms. The summed E-state index contributed by atoms with van der Waals surface area (Å²) in [5, 5.41) is 23.5. The van der Waals surface area contributed by atoms with E-state index in [2.05, 4.69) is 4.98 Å². The van der Waals surface area contributed by atoms with E-state index in [9.17, 15) is 4.79 Å². The Morgan fingerprint density at radius 3 is 2.38 bits per heavy atom. The molecule has 0 fully saturated rings. The first-order chi connectivity index (χ1) is 7.65. The summed E-state index contributed by atoms with van der Waals surface area (Å²) in [7, 11) is -2.17. The number of aldehydes is 1. The first kappa shape index (κ1) is 12.3. The van der Waals surface area contributed by atoms with E-state index >= 15 is 0 Å². The maximum atomic E-state index is 10.6. The van der Waals surface area contributed by atoms with Crippen LogP contribution in [0.1, 0.15) is 10.5 Å². The number of carbonyl (C=O) groups is 1. The Balaban J connectivity index is 0.000000280. The quantitative estimate of drug-likeness (QED) is 0.463. The van der Waals surface area contributed by atoms with Gasteiger partial charge in [-0.05, 0) is 11.5 Å². The molecule has 82 valence electrons. The van der Waals surface area contributed by atoms with Gasteiger partial charge in [-0.2, -0.15) is 0 Å². The molecule has 0 bridgehead atoms. The molecule has 0 saturated carbocycles. The smallest absolute Gasteiger partial charge is 0.402 e. The van der Waals surface area contributed by atoms with Gasteiger partial charge in [0, 0.05) is 11.6 Å².